The summed E-state index contributed by atoms with van der Waals surface area (Å²) in [5, 5.41) is 11.7. The largest absolute Gasteiger partial charge is 0.478 e. The Balaban J connectivity index is 1.78. The van der Waals surface area contributed by atoms with E-state index < -0.39 is 5.97 Å². The summed E-state index contributed by atoms with van der Waals surface area (Å²) in [6.07, 6.45) is 3.13. The molecule has 0 unspecified atom stereocenters. The molecular formula is C20H20N2O4. The lowest BCUT2D eigenvalue weighted by Gasteiger charge is -2.27. The second-order valence-electron chi connectivity index (χ2n) is 6.24. The fraction of sp³-hybridized carbons (Fsp3) is 0.250. The van der Waals surface area contributed by atoms with Gasteiger partial charge in [-0.2, -0.15) is 0 Å². The van der Waals surface area contributed by atoms with Gasteiger partial charge in [-0.05, 0) is 55.7 Å². The van der Waals surface area contributed by atoms with E-state index in [2.05, 4.69) is 5.32 Å². The predicted molar refractivity (Wildman–Crippen MR) is 97.6 cm³/mol. The van der Waals surface area contributed by atoms with Crippen molar-refractivity contribution < 1.29 is 19.5 Å². The van der Waals surface area contributed by atoms with E-state index in [-0.39, 0.29) is 17.4 Å². The Kier molecular flexibility index (Phi) is 5.31. The Hall–Kier alpha value is -3.15. The first-order valence-electron chi connectivity index (χ1n) is 8.59. The third-order valence-corrected chi connectivity index (χ3v) is 4.44. The quantitative estimate of drug-likeness (QED) is 0.884. The van der Waals surface area contributed by atoms with Crippen LogP contribution in [0.5, 0.6) is 0 Å². The van der Waals surface area contributed by atoms with Crippen molar-refractivity contribution in [3.05, 3.63) is 65.2 Å². The second kappa shape index (κ2) is 7.82. The van der Waals surface area contributed by atoms with Gasteiger partial charge in [0.2, 0.25) is 0 Å². The van der Waals surface area contributed by atoms with Crippen LogP contribution in [0.25, 0.3) is 0 Å². The zero-order valence-corrected chi connectivity index (χ0v) is 14.3. The molecule has 2 amide bonds. The first-order chi connectivity index (χ1) is 12.6. The van der Waals surface area contributed by atoms with Crippen LogP contribution in [-0.2, 0) is 0 Å². The van der Waals surface area contributed by atoms with Gasteiger partial charge in [0.25, 0.3) is 11.8 Å². The smallest absolute Gasteiger partial charge is 0.335 e. The van der Waals surface area contributed by atoms with Crippen molar-refractivity contribution in [2.75, 3.05) is 18.4 Å². The van der Waals surface area contributed by atoms with Crippen LogP contribution < -0.4 is 5.32 Å². The fourth-order valence-corrected chi connectivity index (χ4v) is 3.00. The van der Waals surface area contributed by atoms with Crippen LogP contribution >= 0.6 is 0 Å². The molecule has 0 radical (unpaired) electrons. The number of hydrogen-bond acceptors (Lipinski definition) is 3. The number of para-hydroxylation sites is 1. The maximum Gasteiger partial charge on any atom is 0.335 e. The molecule has 6 nitrogen and oxygen atoms in total. The van der Waals surface area contributed by atoms with Gasteiger partial charge in [-0.3, -0.25) is 9.59 Å². The van der Waals surface area contributed by atoms with Crippen molar-refractivity contribution in [3.63, 3.8) is 0 Å². The highest BCUT2D eigenvalue weighted by atomic mass is 16.4. The molecule has 0 spiro atoms. The van der Waals surface area contributed by atoms with Gasteiger partial charge in [0.05, 0.1) is 16.8 Å². The number of hydrogen-bond donors (Lipinski definition) is 2. The average molecular weight is 352 g/mol. The van der Waals surface area contributed by atoms with Gasteiger partial charge in [0, 0.05) is 18.7 Å². The number of nitrogens with zero attached hydrogens (tertiary/aromatic N) is 1. The van der Waals surface area contributed by atoms with E-state index >= 15 is 0 Å². The van der Waals surface area contributed by atoms with Crippen LogP contribution in [0.15, 0.2) is 48.5 Å². The summed E-state index contributed by atoms with van der Waals surface area (Å²) in [5.74, 6) is -1.52. The van der Waals surface area contributed by atoms with E-state index in [1.54, 1.807) is 24.3 Å². The number of amides is 2. The molecule has 2 aromatic carbocycles. The normalized spacial score (nSPS) is 13.9. The van der Waals surface area contributed by atoms with Crippen LogP contribution in [0.3, 0.4) is 0 Å². The standard InChI is InChI=1S/C20H20N2O4/c23-18(14-8-10-15(11-9-14)20(25)26)21-17-7-3-2-6-16(17)19(24)22-12-4-1-5-13-22/h2-3,6-11H,1,4-5,12-13H2,(H,21,23)(H,25,26). The Labute approximate surface area is 151 Å². The third-order valence-electron chi connectivity index (χ3n) is 4.44. The highest BCUT2D eigenvalue weighted by Crippen LogP contribution is 2.21. The maximum atomic E-state index is 12.8. The molecule has 0 atom stereocenters. The van der Waals surface area contributed by atoms with Gasteiger partial charge in [0.15, 0.2) is 0 Å². The number of rotatable bonds is 4. The first kappa shape index (κ1) is 17.7. The first-order valence-corrected chi connectivity index (χ1v) is 8.59. The van der Waals surface area contributed by atoms with Crippen molar-refractivity contribution >= 4 is 23.5 Å². The Bertz CT molecular complexity index is 824. The van der Waals surface area contributed by atoms with Gasteiger partial charge in [-0.25, -0.2) is 4.79 Å². The summed E-state index contributed by atoms with van der Waals surface area (Å²) < 4.78 is 0. The minimum Gasteiger partial charge on any atom is -0.478 e. The topological polar surface area (TPSA) is 86.7 Å². The van der Waals surface area contributed by atoms with Gasteiger partial charge < -0.3 is 15.3 Å². The summed E-state index contributed by atoms with van der Waals surface area (Å²) >= 11 is 0. The molecule has 0 saturated carbocycles. The van der Waals surface area contributed by atoms with Crippen LogP contribution in [0, 0.1) is 0 Å². The molecule has 0 bridgehead atoms. The molecule has 0 aromatic heterocycles. The number of likely N-dealkylation sites (tertiary alicyclic amines) is 1. The summed E-state index contributed by atoms with van der Waals surface area (Å²) in [4.78, 5) is 37.9. The lowest BCUT2D eigenvalue weighted by molar-refractivity contribution is 0.0693. The van der Waals surface area contributed by atoms with E-state index in [4.69, 9.17) is 5.11 Å². The van der Waals surface area contributed by atoms with Crippen LogP contribution in [0.4, 0.5) is 5.69 Å². The highest BCUT2D eigenvalue weighted by molar-refractivity contribution is 6.09. The van der Waals surface area contributed by atoms with Crippen LogP contribution in [0.1, 0.15) is 50.3 Å². The van der Waals surface area contributed by atoms with E-state index in [9.17, 15) is 14.4 Å². The van der Waals surface area contributed by atoms with E-state index in [0.29, 0.717) is 16.8 Å². The number of carboxylic acids is 1. The average Bonchev–Trinajstić information content (AvgIpc) is 2.68. The maximum absolute atomic E-state index is 12.8. The number of benzene rings is 2. The minimum atomic E-state index is -1.05. The summed E-state index contributed by atoms with van der Waals surface area (Å²) in [5.41, 5.74) is 1.36. The molecule has 6 heteroatoms. The number of carbonyl (C=O) groups excluding carboxylic acids is 2. The number of anilines is 1. The minimum absolute atomic E-state index is 0.0816. The second-order valence-corrected chi connectivity index (χ2v) is 6.24. The summed E-state index contributed by atoms with van der Waals surface area (Å²) in [6.45, 7) is 1.47. The summed E-state index contributed by atoms with van der Waals surface area (Å²) in [7, 11) is 0. The van der Waals surface area contributed by atoms with E-state index in [0.717, 1.165) is 32.4 Å². The molecule has 26 heavy (non-hydrogen) atoms. The number of aromatic carboxylic acids is 1. The van der Waals surface area contributed by atoms with Crippen molar-refractivity contribution in [2.24, 2.45) is 0 Å². The van der Waals surface area contributed by atoms with E-state index in [1.165, 1.54) is 24.3 Å². The van der Waals surface area contributed by atoms with Crippen molar-refractivity contribution in [1.82, 2.24) is 4.90 Å². The molecule has 134 valence electrons. The molecule has 2 aromatic rings. The molecular weight excluding hydrogens is 332 g/mol. The Morgan fingerprint density at radius 3 is 2.12 bits per heavy atom. The monoisotopic (exact) mass is 352 g/mol. The van der Waals surface area contributed by atoms with Gasteiger partial charge in [-0.15, -0.1) is 0 Å². The van der Waals surface area contributed by atoms with Gasteiger partial charge in [0.1, 0.15) is 0 Å². The number of piperidine rings is 1. The van der Waals surface area contributed by atoms with Gasteiger partial charge in [-0.1, -0.05) is 12.1 Å². The van der Waals surface area contributed by atoms with Gasteiger partial charge >= 0.3 is 5.97 Å². The predicted octanol–water partition coefficient (Wildman–Crippen LogP) is 3.26. The fourth-order valence-electron chi connectivity index (χ4n) is 3.00. The van der Waals surface area contributed by atoms with E-state index in [1.807, 2.05) is 4.90 Å². The van der Waals surface area contributed by atoms with Crippen LogP contribution in [0.2, 0.25) is 0 Å². The molecule has 2 N–H and O–H groups in total. The number of carbonyl (C=O) groups is 3. The zero-order valence-electron chi connectivity index (χ0n) is 14.3. The Morgan fingerprint density at radius 2 is 1.46 bits per heavy atom. The third kappa shape index (κ3) is 3.91. The van der Waals surface area contributed by atoms with Crippen LogP contribution in [-0.4, -0.2) is 40.9 Å². The molecule has 1 heterocycles. The zero-order chi connectivity index (χ0) is 18.5. The lowest BCUT2D eigenvalue weighted by Crippen LogP contribution is -2.36. The highest BCUT2D eigenvalue weighted by Gasteiger charge is 2.21. The molecule has 1 saturated heterocycles. The molecule has 1 aliphatic heterocycles. The molecule has 1 fully saturated rings. The molecule has 1 aliphatic rings. The lowest BCUT2D eigenvalue weighted by atomic mass is 10.1. The number of carboxylic acid groups (broad SMARTS) is 1. The van der Waals surface area contributed by atoms with Crippen molar-refractivity contribution in [1.29, 1.82) is 0 Å². The van der Waals surface area contributed by atoms with Crippen molar-refractivity contribution in [2.45, 2.75) is 19.3 Å². The van der Waals surface area contributed by atoms with Crippen molar-refractivity contribution in [3.8, 4) is 0 Å². The Morgan fingerprint density at radius 1 is 0.846 bits per heavy atom. The molecule has 0 aliphatic carbocycles. The summed E-state index contributed by atoms with van der Waals surface area (Å²) in [6, 6.07) is 12.6. The SMILES string of the molecule is O=C(O)c1ccc(C(=O)Nc2ccccc2C(=O)N2CCCCC2)cc1. The number of nitrogens with one attached hydrogen (secondary N) is 1. The molecule has 3 rings (SSSR count).